The molecule has 1 aromatic carbocycles. The normalized spacial score (nSPS) is 18.5. The summed E-state index contributed by atoms with van der Waals surface area (Å²) in [5.74, 6) is -0.212. The molecule has 0 heterocycles. The van der Waals surface area contributed by atoms with Gasteiger partial charge in [0.25, 0.3) is 0 Å². The Hall–Kier alpha value is -1.55. The number of carbonyl (C=O) groups is 1. The molecule has 2 rings (SSSR count). The lowest BCUT2D eigenvalue weighted by molar-refractivity contribution is -0.148. The van der Waals surface area contributed by atoms with Crippen LogP contribution in [0.4, 0.5) is 0 Å². The molecule has 98 valence electrons. The minimum absolute atomic E-state index is 0.129. The third kappa shape index (κ3) is 2.48. The highest BCUT2D eigenvalue weighted by atomic mass is 16.5. The lowest BCUT2D eigenvalue weighted by Crippen LogP contribution is -2.30. The van der Waals surface area contributed by atoms with Crippen molar-refractivity contribution < 1.29 is 19.7 Å². The highest BCUT2D eigenvalue weighted by Gasteiger charge is 2.28. The Kier molecular flexibility index (Phi) is 3.30. The average molecular weight is 250 g/mol. The van der Waals surface area contributed by atoms with Crippen LogP contribution < -0.4 is 4.74 Å². The number of aryl methyl sites for hydroxylation is 1. The molecule has 1 aromatic rings. The van der Waals surface area contributed by atoms with Crippen molar-refractivity contribution in [3.63, 3.8) is 0 Å². The molecule has 2 N–H and O–H groups in total. The second-order valence-corrected chi connectivity index (χ2v) is 5.39. The molecule has 0 aromatic heterocycles. The fourth-order valence-corrected chi connectivity index (χ4v) is 1.99. The molecule has 4 heteroatoms. The van der Waals surface area contributed by atoms with E-state index < -0.39 is 11.4 Å². The van der Waals surface area contributed by atoms with Crippen LogP contribution in [0.2, 0.25) is 0 Å². The Balaban J connectivity index is 2.06. The molecule has 0 aliphatic heterocycles. The minimum Gasteiger partial charge on any atom is -0.492 e. The molecular formula is C14H18O4. The van der Waals surface area contributed by atoms with Crippen LogP contribution in [0.25, 0.3) is 0 Å². The van der Waals surface area contributed by atoms with Crippen molar-refractivity contribution >= 4 is 5.97 Å². The lowest BCUT2D eigenvalue weighted by atomic mass is 9.95. The summed E-state index contributed by atoms with van der Waals surface area (Å²) < 4.78 is 5.53. The van der Waals surface area contributed by atoms with E-state index in [1.54, 1.807) is 19.9 Å². The Morgan fingerprint density at radius 2 is 2.22 bits per heavy atom. The fraction of sp³-hybridized carbons (Fsp3) is 0.500. The van der Waals surface area contributed by atoms with Gasteiger partial charge in [-0.25, -0.2) is 0 Å². The second kappa shape index (κ2) is 4.61. The predicted octanol–water partition coefficient (Wildman–Crippen LogP) is 2.16. The monoisotopic (exact) mass is 250 g/mol. The maximum atomic E-state index is 11.0. The van der Waals surface area contributed by atoms with Gasteiger partial charge < -0.3 is 14.9 Å². The minimum atomic E-state index is -0.904. The molecule has 4 nitrogen and oxygen atoms in total. The van der Waals surface area contributed by atoms with Crippen LogP contribution in [0.5, 0.6) is 5.75 Å². The highest BCUT2D eigenvalue weighted by molar-refractivity contribution is 5.73. The van der Waals surface area contributed by atoms with Crippen LogP contribution in [0, 0.1) is 5.41 Å². The number of benzene rings is 1. The van der Waals surface area contributed by atoms with E-state index in [0.29, 0.717) is 5.75 Å². The van der Waals surface area contributed by atoms with Gasteiger partial charge in [0.05, 0.1) is 11.5 Å². The summed E-state index contributed by atoms with van der Waals surface area (Å²) >= 11 is 0. The zero-order chi connectivity index (χ0) is 13.3. The third-order valence-corrected chi connectivity index (χ3v) is 3.34. The van der Waals surface area contributed by atoms with Gasteiger partial charge in [-0.1, -0.05) is 6.07 Å². The summed E-state index contributed by atoms with van der Waals surface area (Å²) in [5.41, 5.74) is 1.14. The maximum Gasteiger partial charge on any atom is 0.312 e. The van der Waals surface area contributed by atoms with E-state index in [2.05, 4.69) is 0 Å². The average Bonchev–Trinajstić information content (AvgIpc) is 2.68. The van der Waals surface area contributed by atoms with E-state index in [0.717, 1.165) is 24.0 Å². The van der Waals surface area contributed by atoms with Crippen molar-refractivity contribution in [3.8, 4) is 5.75 Å². The van der Waals surface area contributed by atoms with Crippen molar-refractivity contribution in [3.05, 3.63) is 29.3 Å². The number of aliphatic hydroxyl groups is 1. The summed E-state index contributed by atoms with van der Waals surface area (Å²) in [6, 6.07) is 5.53. The number of carboxylic acids is 1. The molecule has 1 unspecified atom stereocenters. The molecule has 0 saturated heterocycles. The lowest BCUT2D eigenvalue weighted by Gasteiger charge is -2.19. The second-order valence-electron chi connectivity index (χ2n) is 5.39. The van der Waals surface area contributed by atoms with Crippen LogP contribution >= 0.6 is 0 Å². The first-order valence-corrected chi connectivity index (χ1v) is 6.07. The number of hydrogen-bond donors (Lipinski definition) is 2. The van der Waals surface area contributed by atoms with Crippen LogP contribution in [-0.2, 0) is 11.2 Å². The number of aliphatic hydroxyl groups excluding tert-OH is 1. The standard InChI is InChI=1S/C14H18O4/c1-14(2,13(16)17)8-18-10-4-5-11-9(7-10)3-6-12(11)15/h4-5,7,12,15H,3,6,8H2,1-2H3,(H,16,17). The van der Waals surface area contributed by atoms with Crippen LogP contribution in [0.1, 0.15) is 37.5 Å². The molecule has 1 aliphatic carbocycles. The predicted molar refractivity (Wildman–Crippen MR) is 66.6 cm³/mol. The van der Waals surface area contributed by atoms with Gasteiger partial charge in [0, 0.05) is 0 Å². The first kappa shape index (κ1) is 12.9. The van der Waals surface area contributed by atoms with E-state index in [1.807, 2.05) is 12.1 Å². The van der Waals surface area contributed by atoms with E-state index in [1.165, 1.54) is 0 Å². The molecule has 0 fully saturated rings. The first-order valence-electron chi connectivity index (χ1n) is 6.07. The summed E-state index contributed by atoms with van der Waals surface area (Å²) in [7, 11) is 0. The summed E-state index contributed by atoms with van der Waals surface area (Å²) in [6.07, 6.45) is 1.22. The molecule has 1 aliphatic rings. The molecule has 18 heavy (non-hydrogen) atoms. The molecular weight excluding hydrogens is 232 g/mol. The smallest absolute Gasteiger partial charge is 0.312 e. The van der Waals surface area contributed by atoms with Gasteiger partial charge in [0.15, 0.2) is 0 Å². The van der Waals surface area contributed by atoms with Gasteiger partial charge in [-0.3, -0.25) is 4.79 Å². The number of ether oxygens (including phenoxy) is 1. The molecule has 0 amide bonds. The molecule has 0 spiro atoms. The maximum absolute atomic E-state index is 11.0. The molecule has 0 radical (unpaired) electrons. The van der Waals surface area contributed by atoms with Crippen LogP contribution in [-0.4, -0.2) is 22.8 Å². The van der Waals surface area contributed by atoms with Gasteiger partial charge in [-0.05, 0) is 49.9 Å². The van der Waals surface area contributed by atoms with Gasteiger partial charge in [0.2, 0.25) is 0 Å². The number of aliphatic carboxylic acids is 1. The topological polar surface area (TPSA) is 66.8 Å². The Bertz CT molecular complexity index is 465. The third-order valence-electron chi connectivity index (χ3n) is 3.34. The summed E-state index contributed by atoms with van der Waals surface area (Å²) in [5, 5.41) is 18.7. The molecule has 1 atom stereocenters. The zero-order valence-electron chi connectivity index (χ0n) is 10.6. The molecule has 0 saturated carbocycles. The SMILES string of the molecule is CC(C)(COc1ccc2c(c1)CCC2O)C(=O)O. The highest BCUT2D eigenvalue weighted by Crippen LogP contribution is 2.33. The summed E-state index contributed by atoms with van der Waals surface area (Å²) in [4.78, 5) is 11.0. The Morgan fingerprint density at radius 3 is 2.89 bits per heavy atom. The quantitative estimate of drug-likeness (QED) is 0.859. The first-order chi connectivity index (χ1) is 8.40. The summed E-state index contributed by atoms with van der Waals surface area (Å²) in [6.45, 7) is 3.39. The van der Waals surface area contributed by atoms with E-state index in [9.17, 15) is 9.90 Å². The van der Waals surface area contributed by atoms with E-state index in [-0.39, 0.29) is 12.7 Å². The van der Waals surface area contributed by atoms with Gasteiger partial charge in [-0.2, -0.15) is 0 Å². The number of hydrogen-bond acceptors (Lipinski definition) is 3. The van der Waals surface area contributed by atoms with Gasteiger partial charge in [0.1, 0.15) is 12.4 Å². The van der Waals surface area contributed by atoms with Crippen molar-refractivity contribution in [2.24, 2.45) is 5.41 Å². The van der Waals surface area contributed by atoms with Crippen molar-refractivity contribution in [1.82, 2.24) is 0 Å². The van der Waals surface area contributed by atoms with Crippen molar-refractivity contribution in [2.45, 2.75) is 32.8 Å². The van der Waals surface area contributed by atoms with E-state index >= 15 is 0 Å². The number of carboxylic acid groups (broad SMARTS) is 1. The van der Waals surface area contributed by atoms with Crippen LogP contribution in [0.3, 0.4) is 0 Å². The van der Waals surface area contributed by atoms with Crippen molar-refractivity contribution in [1.29, 1.82) is 0 Å². The largest absolute Gasteiger partial charge is 0.492 e. The van der Waals surface area contributed by atoms with E-state index in [4.69, 9.17) is 9.84 Å². The zero-order valence-corrected chi connectivity index (χ0v) is 10.6. The van der Waals surface area contributed by atoms with Crippen LogP contribution in [0.15, 0.2) is 18.2 Å². The van der Waals surface area contributed by atoms with Gasteiger partial charge >= 0.3 is 5.97 Å². The molecule has 0 bridgehead atoms. The Morgan fingerprint density at radius 1 is 1.50 bits per heavy atom. The Labute approximate surface area is 106 Å². The fourth-order valence-electron chi connectivity index (χ4n) is 1.99. The van der Waals surface area contributed by atoms with Gasteiger partial charge in [-0.15, -0.1) is 0 Å². The van der Waals surface area contributed by atoms with Crippen molar-refractivity contribution in [2.75, 3.05) is 6.61 Å². The number of rotatable bonds is 4. The number of fused-ring (bicyclic) bond motifs is 1.